The van der Waals surface area contributed by atoms with E-state index in [0.29, 0.717) is 25.2 Å². The zero-order valence-electron chi connectivity index (χ0n) is 20.5. The fourth-order valence-corrected chi connectivity index (χ4v) is 4.90. The average Bonchev–Trinajstić information content (AvgIpc) is 3.59. The number of carbonyl (C=O) groups excluding carboxylic acids is 2. The van der Waals surface area contributed by atoms with E-state index in [2.05, 4.69) is 58.8 Å². The van der Waals surface area contributed by atoms with Gasteiger partial charge in [0.25, 0.3) is 0 Å². The Morgan fingerprint density at radius 2 is 1.74 bits per heavy atom. The zero-order chi connectivity index (χ0) is 24.8. The van der Waals surface area contributed by atoms with E-state index in [1.54, 1.807) is 24.9 Å². The second-order valence-corrected chi connectivity index (χ2v) is 10.1. The normalized spacial score (nSPS) is 14.8. The quantitative estimate of drug-likeness (QED) is 0.323. The maximum Gasteiger partial charge on any atom is 0.331 e. The van der Waals surface area contributed by atoms with Crippen molar-refractivity contribution in [2.45, 2.75) is 74.1 Å². The monoisotopic (exact) mass is 492 g/mol. The highest BCUT2D eigenvalue weighted by atomic mass is 32.2. The highest BCUT2D eigenvalue weighted by Crippen LogP contribution is 2.40. The third kappa shape index (κ3) is 6.34. The molecule has 1 N–H and O–H groups in total. The van der Waals surface area contributed by atoms with Crippen LogP contribution in [0.3, 0.4) is 0 Å². The average molecular weight is 493 g/mol. The molecule has 3 aromatic rings. The minimum atomic E-state index is -1.000. The summed E-state index contributed by atoms with van der Waals surface area (Å²) in [7, 11) is 0. The molecule has 35 heavy (non-hydrogen) atoms. The van der Waals surface area contributed by atoms with E-state index in [1.165, 1.54) is 19.8 Å². The first-order chi connectivity index (χ1) is 16.9. The number of carbonyl (C=O) groups is 2. The van der Waals surface area contributed by atoms with Crippen LogP contribution in [0.5, 0.6) is 0 Å². The molecule has 1 fully saturated rings. The Hall–Kier alpha value is -3.06. The van der Waals surface area contributed by atoms with Crippen molar-refractivity contribution in [3.8, 4) is 11.3 Å². The van der Waals surface area contributed by atoms with Crippen molar-refractivity contribution in [3.63, 3.8) is 0 Å². The van der Waals surface area contributed by atoms with Crippen LogP contribution in [0.25, 0.3) is 11.3 Å². The molecule has 4 rings (SSSR count). The molecule has 0 bridgehead atoms. The lowest BCUT2D eigenvalue weighted by Gasteiger charge is -2.31. The third-order valence-corrected chi connectivity index (χ3v) is 7.30. The van der Waals surface area contributed by atoms with Crippen molar-refractivity contribution >= 4 is 23.6 Å². The van der Waals surface area contributed by atoms with Crippen LogP contribution < -0.4 is 5.32 Å². The van der Waals surface area contributed by atoms with Gasteiger partial charge in [-0.1, -0.05) is 43.0 Å². The van der Waals surface area contributed by atoms with Crippen molar-refractivity contribution in [3.05, 3.63) is 66.2 Å². The van der Waals surface area contributed by atoms with Crippen molar-refractivity contribution in [1.29, 1.82) is 0 Å². The zero-order valence-corrected chi connectivity index (χ0v) is 21.3. The van der Waals surface area contributed by atoms with Gasteiger partial charge in [0.05, 0.1) is 6.61 Å². The summed E-state index contributed by atoms with van der Waals surface area (Å²) in [6.45, 7) is 5.38. The molecule has 0 spiro atoms. The van der Waals surface area contributed by atoms with E-state index in [4.69, 9.17) is 9.15 Å². The Balaban J connectivity index is 1.36. The van der Waals surface area contributed by atoms with E-state index in [-0.39, 0.29) is 18.5 Å². The largest absolute Gasteiger partial charge is 0.464 e. The molecule has 1 aromatic heterocycles. The highest BCUT2D eigenvalue weighted by Gasteiger charge is 2.38. The molecule has 1 unspecified atom stereocenters. The van der Waals surface area contributed by atoms with E-state index < -0.39 is 5.54 Å². The highest BCUT2D eigenvalue weighted by molar-refractivity contribution is 7.99. The molecule has 1 atom stereocenters. The first-order valence-corrected chi connectivity index (χ1v) is 13.0. The maximum absolute atomic E-state index is 12.6. The predicted octanol–water partition coefficient (Wildman–Crippen LogP) is 6.15. The molecule has 1 heterocycles. The number of oxazole rings is 1. The molecule has 184 valence electrons. The van der Waals surface area contributed by atoms with Crippen molar-refractivity contribution in [1.82, 2.24) is 10.3 Å². The van der Waals surface area contributed by atoms with Crippen LogP contribution in [0, 0.1) is 0 Å². The summed E-state index contributed by atoms with van der Waals surface area (Å²) in [5, 5.41) is 2.84. The fraction of sp³-hybridized carbons (Fsp3) is 0.393. The van der Waals surface area contributed by atoms with Gasteiger partial charge in [-0.25, -0.2) is 9.78 Å². The number of benzene rings is 2. The van der Waals surface area contributed by atoms with Crippen LogP contribution in [0.4, 0.5) is 0 Å². The lowest BCUT2D eigenvalue weighted by atomic mass is 9.88. The number of rotatable bonds is 11. The van der Waals surface area contributed by atoms with Gasteiger partial charge in [0.2, 0.25) is 5.91 Å². The molecule has 6 nitrogen and oxygen atoms in total. The molecule has 1 aliphatic rings. The van der Waals surface area contributed by atoms with Crippen molar-refractivity contribution in [2.75, 3.05) is 6.61 Å². The van der Waals surface area contributed by atoms with Gasteiger partial charge < -0.3 is 14.5 Å². The topological polar surface area (TPSA) is 81.4 Å². The minimum Gasteiger partial charge on any atom is -0.464 e. The third-order valence-electron chi connectivity index (χ3n) is 6.28. The van der Waals surface area contributed by atoms with E-state index in [1.807, 2.05) is 6.92 Å². The maximum atomic E-state index is 12.6. The van der Waals surface area contributed by atoms with Crippen molar-refractivity contribution < 1.29 is 18.7 Å². The van der Waals surface area contributed by atoms with Crippen LogP contribution in [-0.2, 0) is 20.7 Å². The molecule has 0 saturated heterocycles. The van der Waals surface area contributed by atoms with E-state index in [0.717, 1.165) is 32.5 Å². The number of hydrogen-bond acceptors (Lipinski definition) is 6. The standard InChI is InChI=1S/C28H32N2O4S/c1-4-28(30-19(3)31,27(32)33-5-2)17-16-20-6-12-23(13-7-20)35-24-14-10-21(11-15-24)25-18-34-26(29-25)22-8-9-22/h6-7,10-15,18,22H,4-5,8-9,16-17H2,1-3H3,(H,30,31). The summed E-state index contributed by atoms with van der Waals surface area (Å²) in [5.74, 6) is 0.761. The van der Waals surface area contributed by atoms with Gasteiger partial charge >= 0.3 is 5.97 Å². The summed E-state index contributed by atoms with van der Waals surface area (Å²) in [6.07, 6.45) is 5.72. The lowest BCUT2D eigenvalue weighted by molar-refractivity contribution is -0.153. The Labute approximate surface area is 210 Å². The molecule has 0 radical (unpaired) electrons. The Morgan fingerprint density at radius 1 is 1.09 bits per heavy atom. The molecule has 7 heteroatoms. The van der Waals surface area contributed by atoms with Crippen LogP contribution in [-0.4, -0.2) is 29.0 Å². The smallest absolute Gasteiger partial charge is 0.331 e. The first-order valence-electron chi connectivity index (χ1n) is 12.2. The van der Waals surface area contributed by atoms with Crippen molar-refractivity contribution in [2.24, 2.45) is 0 Å². The Bertz CT molecular complexity index is 1150. The van der Waals surface area contributed by atoms with Gasteiger partial charge in [-0.2, -0.15) is 0 Å². The molecule has 0 aliphatic heterocycles. The van der Waals surface area contributed by atoms with E-state index >= 15 is 0 Å². The minimum absolute atomic E-state index is 0.232. The van der Waals surface area contributed by atoms with Gasteiger partial charge in [-0.3, -0.25) is 4.79 Å². The van der Waals surface area contributed by atoms with Crippen LogP contribution in [0.2, 0.25) is 0 Å². The number of nitrogens with zero attached hydrogens (tertiary/aromatic N) is 1. The van der Waals surface area contributed by atoms with Crippen LogP contribution in [0.15, 0.2) is 69.0 Å². The second kappa shape index (κ2) is 11.1. The summed E-state index contributed by atoms with van der Waals surface area (Å²) >= 11 is 1.69. The van der Waals surface area contributed by atoms with E-state index in [9.17, 15) is 9.59 Å². The van der Waals surface area contributed by atoms with Gasteiger partial charge in [0.1, 0.15) is 17.5 Å². The summed E-state index contributed by atoms with van der Waals surface area (Å²) in [4.78, 5) is 31.3. The summed E-state index contributed by atoms with van der Waals surface area (Å²) in [5.41, 5.74) is 2.05. The van der Waals surface area contributed by atoms with Gasteiger partial charge in [-0.05, 0) is 68.9 Å². The van der Waals surface area contributed by atoms with Crippen LogP contribution in [0.1, 0.15) is 63.8 Å². The number of hydrogen-bond donors (Lipinski definition) is 1. The van der Waals surface area contributed by atoms with Gasteiger partial charge in [0.15, 0.2) is 5.89 Å². The number of esters is 1. The number of amides is 1. The van der Waals surface area contributed by atoms with Gasteiger partial charge in [-0.15, -0.1) is 0 Å². The summed E-state index contributed by atoms with van der Waals surface area (Å²) in [6, 6.07) is 16.7. The van der Waals surface area contributed by atoms with Crippen LogP contribution >= 0.6 is 11.8 Å². The van der Waals surface area contributed by atoms with Gasteiger partial charge in [0, 0.05) is 28.2 Å². The SMILES string of the molecule is CCOC(=O)C(CC)(CCc1ccc(Sc2ccc(-c3coc(C4CC4)n3)cc2)cc1)NC(C)=O. The molecular formula is C28H32N2O4S. The number of nitrogens with one attached hydrogen (secondary N) is 1. The predicted molar refractivity (Wildman–Crippen MR) is 136 cm³/mol. The lowest BCUT2D eigenvalue weighted by Crippen LogP contribution is -2.54. The molecule has 1 aliphatic carbocycles. The fourth-order valence-electron chi connectivity index (χ4n) is 4.08. The molecule has 1 amide bonds. The molecule has 2 aromatic carbocycles. The summed E-state index contributed by atoms with van der Waals surface area (Å²) < 4.78 is 10.9. The second-order valence-electron chi connectivity index (χ2n) is 8.95. The Morgan fingerprint density at radius 3 is 2.31 bits per heavy atom. The number of aromatic nitrogens is 1. The molecule has 1 saturated carbocycles. The first kappa shape index (κ1) is 25.0. The Kier molecular flexibility index (Phi) is 7.96. The molecular weight excluding hydrogens is 460 g/mol. The number of ether oxygens (including phenoxy) is 1. The number of aryl methyl sites for hydroxylation is 1.